The maximum absolute atomic E-state index is 12.0. The van der Waals surface area contributed by atoms with Gasteiger partial charge in [-0.25, -0.2) is 0 Å². The van der Waals surface area contributed by atoms with Gasteiger partial charge in [0.05, 0.1) is 0 Å². The lowest BCUT2D eigenvalue weighted by molar-refractivity contribution is -0.122. The SMILES string of the molecule is CN(C)C1CCCC(NC(=O)CC2CCCN2)C1.Cl.Cl. The maximum atomic E-state index is 12.0. The van der Waals surface area contributed by atoms with Gasteiger partial charge in [-0.1, -0.05) is 0 Å². The predicted octanol–water partition coefficient (Wildman–Crippen LogP) is 1.96. The van der Waals surface area contributed by atoms with Gasteiger partial charge in [0, 0.05) is 24.5 Å². The number of carbonyl (C=O) groups is 1. The quantitative estimate of drug-likeness (QED) is 0.830. The zero-order valence-corrected chi connectivity index (χ0v) is 14.2. The van der Waals surface area contributed by atoms with Crippen molar-refractivity contribution in [2.24, 2.45) is 0 Å². The summed E-state index contributed by atoms with van der Waals surface area (Å²) in [4.78, 5) is 14.3. The van der Waals surface area contributed by atoms with Crippen LogP contribution in [0.5, 0.6) is 0 Å². The predicted molar refractivity (Wildman–Crippen MR) is 88.0 cm³/mol. The Morgan fingerprint density at radius 3 is 2.55 bits per heavy atom. The second kappa shape index (κ2) is 9.82. The van der Waals surface area contributed by atoms with Crippen LogP contribution in [0.25, 0.3) is 0 Å². The maximum Gasteiger partial charge on any atom is 0.221 e. The zero-order valence-electron chi connectivity index (χ0n) is 12.6. The minimum Gasteiger partial charge on any atom is -0.353 e. The molecule has 1 aliphatic heterocycles. The van der Waals surface area contributed by atoms with Crippen LogP contribution in [0.3, 0.4) is 0 Å². The molecule has 2 N–H and O–H groups in total. The van der Waals surface area contributed by atoms with Crippen molar-refractivity contribution >= 4 is 30.7 Å². The fourth-order valence-electron chi connectivity index (χ4n) is 3.21. The summed E-state index contributed by atoms with van der Waals surface area (Å²) in [6.07, 6.45) is 7.77. The molecule has 4 nitrogen and oxygen atoms in total. The lowest BCUT2D eigenvalue weighted by Crippen LogP contribution is -2.44. The first-order chi connectivity index (χ1) is 8.65. The number of nitrogens with one attached hydrogen (secondary N) is 2. The van der Waals surface area contributed by atoms with E-state index in [2.05, 4.69) is 29.6 Å². The minimum atomic E-state index is 0. The van der Waals surface area contributed by atoms with E-state index in [1.807, 2.05) is 0 Å². The summed E-state index contributed by atoms with van der Waals surface area (Å²) >= 11 is 0. The Balaban J connectivity index is 0.00000180. The normalized spacial score (nSPS) is 29.4. The van der Waals surface area contributed by atoms with Crippen LogP contribution in [0.2, 0.25) is 0 Å². The summed E-state index contributed by atoms with van der Waals surface area (Å²) in [6.45, 7) is 1.07. The van der Waals surface area contributed by atoms with Gasteiger partial charge < -0.3 is 15.5 Å². The lowest BCUT2D eigenvalue weighted by Gasteiger charge is -2.33. The molecule has 0 aromatic rings. The summed E-state index contributed by atoms with van der Waals surface area (Å²) in [7, 11) is 4.27. The van der Waals surface area contributed by atoms with Gasteiger partial charge in [0.1, 0.15) is 0 Å². The smallest absolute Gasteiger partial charge is 0.221 e. The first-order valence-corrected chi connectivity index (χ1v) is 7.34. The number of amides is 1. The highest BCUT2D eigenvalue weighted by molar-refractivity contribution is 5.85. The van der Waals surface area contributed by atoms with Crippen molar-refractivity contribution in [3.63, 3.8) is 0 Å². The van der Waals surface area contributed by atoms with Crippen LogP contribution in [0.1, 0.15) is 44.9 Å². The number of hydrogen-bond donors (Lipinski definition) is 2. The second-order valence-corrected chi connectivity index (χ2v) is 6.05. The van der Waals surface area contributed by atoms with Crippen LogP contribution < -0.4 is 10.6 Å². The monoisotopic (exact) mass is 325 g/mol. The average molecular weight is 326 g/mol. The highest BCUT2D eigenvalue weighted by atomic mass is 35.5. The van der Waals surface area contributed by atoms with Gasteiger partial charge in [0.15, 0.2) is 0 Å². The van der Waals surface area contributed by atoms with Gasteiger partial charge in [-0.15, -0.1) is 24.8 Å². The molecule has 3 unspecified atom stereocenters. The zero-order chi connectivity index (χ0) is 13.0. The fraction of sp³-hybridized carbons (Fsp3) is 0.929. The van der Waals surface area contributed by atoms with E-state index in [0.717, 1.165) is 25.8 Å². The second-order valence-electron chi connectivity index (χ2n) is 6.05. The van der Waals surface area contributed by atoms with E-state index < -0.39 is 0 Å². The van der Waals surface area contributed by atoms with Crippen LogP contribution >= 0.6 is 24.8 Å². The number of nitrogens with zero attached hydrogens (tertiary/aromatic N) is 1. The largest absolute Gasteiger partial charge is 0.353 e. The Morgan fingerprint density at radius 2 is 1.95 bits per heavy atom. The van der Waals surface area contributed by atoms with Gasteiger partial charge in [-0.3, -0.25) is 4.79 Å². The first-order valence-electron chi connectivity index (χ1n) is 7.34. The molecule has 20 heavy (non-hydrogen) atoms. The molecule has 1 saturated heterocycles. The highest BCUT2D eigenvalue weighted by Gasteiger charge is 2.25. The highest BCUT2D eigenvalue weighted by Crippen LogP contribution is 2.21. The van der Waals surface area contributed by atoms with Gasteiger partial charge in [-0.2, -0.15) is 0 Å². The molecule has 0 aromatic carbocycles. The summed E-state index contributed by atoms with van der Waals surface area (Å²) in [6, 6.07) is 1.44. The molecule has 120 valence electrons. The number of hydrogen-bond acceptors (Lipinski definition) is 3. The van der Waals surface area contributed by atoms with E-state index >= 15 is 0 Å². The van der Waals surface area contributed by atoms with Crippen LogP contribution in [0.4, 0.5) is 0 Å². The number of carbonyl (C=O) groups excluding carboxylic acids is 1. The Kier molecular flexibility index (Phi) is 9.81. The number of rotatable bonds is 4. The first kappa shape index (κ1) is 20.0. The van der Waals surface area contributed by atoms with Gasteiger partial charge in [0.25, 0.3) is 0 Å². The minimum absolute atomic E-state index is 0. The molecule has 0 bridgehead atoms. The van der Waals surface area contributed by atoms with Crippen LogP contribution in [-0.2, 0) is 4.79 Å². The number of halogens is 2. The Morgan fingerprint density at radius 1 is 1.20 bits per heavy atom. The van der Waals surface area contributed by atoms with Crippen molar-refractivity contribution in [2.45, 2.75) is 63.1 Å². The Labute approximate surface area is 135 Å². The van der Waals surface area contributed by atoms with Gasteiger partial charge in [0.2, 0.25) is 5.91 Å². The summed E-state index contributed by atoms with van der Waals surface area (Å²) < 4.78 is 0. The Hall–Kier alpha value is -0.0300. The van der Waals surface area contributed by atoms with Crippen molar-refractivity contribution in [2.75, 3.05) is 20.6 Å². The van der Waals surface area contributed by atoms with Crippen molar-refractivity contribution < 1.29 is 4.79 Å². The van der Waals surface area contributed by atoms with Crippen molar-refractivity contribution in [3.05, 3.63) is 0 Å². The molecule has 2 aliphatic rings. The van der Waals surface area contributed by atoms with Crippen LogP contribution in [0, 0.1) is 0 Å². The third kappa shape index (κ3) is 6.17. The summed E-state index contributed by atoms with van der Waals surface area (Å²) in [5.41, 5.74) is 0. The van der Waals surface area contributed by atoms with E-state index in [0.29, 0.717) is 24.5 Å². The third-order valence-corrected chi connectivity index (χ3v) is 4.34. The molecule has 2 fully saturated rings. The average Bonchev–Trinajstić information content (AvgIpc) is 2.82. The fourth-order valence-corrected chi connectivity index (χ4v) is 3.21. The van der Waals surface area contributed by atoms with Crippen molar-refractivity contribution in [3.8, 4) is 0 Å². The van der Waals surface area contributed by atoms with E-state index in [1.54, 1.807) is 0 Å². The van der Waals surface area contributed by atoms with E-state index in [1.165, 1.54) is 19.3 Å². The van der Waals surface area contributed by atoms with Crippen LogP contribution in [0.15, 0.2) is 0 Å². The molecular weight excluding hydrogens is 297 g/mol. The summed E-state index contributed by atoms with van der Waals surface area (Å²) in [5, 5.41) is 6.61. The molecular formula is C14H29Cl2N3O. The molecule has 3 atom stereocenters. The molecule has 1 heterocycles. The molecule has 1 saturated carbocycles. The third-order valence-electron chi connectivity index (χ3n) is 4.34. The molecule has 1 amide bonds. The van der Waals surface area contributed by atoms with Crippen LogP contribution in [-0.4, -0.2) is 49.6 Å². The van der Waals surface area contributed by atoms with Crippen molar-refractivity contribution in [1.82, 2.24) is 15.5 Å². The summed E-state index contributed by atoms with van der Waals surface area (Å²) in [5.74, 6) is 0.235. The topological polar surface area (TPSA) is 44.4 Å². The van der Waals surface area contributed by atoms with E-state index in [4.69, 9.17) is 0 Å². The van der Waals surface area contributed by atoms with Gasteiger partial charge >= 0.3 is 0 Å². The molecule has 0 radical (unpaired) electrons. The van der Waals surface area contributed by atoms with Gasteiger partial charge in [-0.05, 0) is 59.2 Å². The molecule has 0 aromatic heterocycles. The van der Waals surface area contributed by atoms with E-state index in [9.17, 15) is 4.79 Å². The molecule has 1 aliphatic carbocycles. The molecule has 0 spiro atoms. The van der Waals surface area contributed by atoms with E-state index in [-0.39, 0.29) is 30.7 Å². The molecule has 6 heteroatoms. The lowest BCUT2D eigenvalue weighted by atomic mass is 9.90. The van der Waals surface area contributed by atoms with Crippen molar-refractivity contribution in [1.29, 1.82) is 0 Å². The standard InChI is InChI=1S/C14H27N3O.2ClH/c1-17(2)13-7-3-5-12(9-13)16-14(18)10-11-6-4-8-15-11;;/h11-13,15H,3-10H2,1-2H3,(H,16,18);2*1H. The Bertz CT molecular complexity index is 284. The molecule has 2 rings (SSSR count).